The van der Waals surface area contributed by atoms with Crippen molar-refractivity contribution >= 4 is 31.6 Å². The van der Waals surface area contributed by atoms with Crippen molar-refractivity contribution in [1.82, 2.24) is 4.31 Å². The molecule has 0 saturated heterocycles. The molecule has 10 heteroatoms. The van der Waals surface area contributed by atoms with Gasteiger partial charge in [-0.1, -0.05) is 17.7 Å². The molecule has 0 saturated carbocycles. The Bertz CT molecular complexity index is 999. The standard InChI is InChI=1S/C16H19N3O5S2/c1-12-3-7-15(8-4-12)26(23,24)19(2)11-16(20)18-13-5-9-14(10-6-13)25(17,21)22/h3-10H,11H2,1-2H3,(H,18,20)(H2,17,21,22). The van der Waals surface area contributed by atoms with Crippen molar-refractivity contribution in [2.45, 2.75) is 16.7 Å². The first-order chi connectivity index (χ1) is 12.0. The molecule has 0 aliphatic heterocycles. The van der Waals surface area contributed by atoms with Crippen molar-refractivity contribution in [2.75, 3.05) is 18.9 Å². The van der Waals surface area contributed by atoms with Gasteiger partial charge in [0, 0.05) is 12.7 Å². The zero-order chi connectivity index (χ0) is 19.5. The summed E-state index contributed by atoms with van der Waals surface area (Å²) >= 11 is 0. The number of benzene rings is 2. The molecule has 0 radical (unpaired) electrons. The molecule has 1 amide bonds. The van der Waals surface area contributed by atoms with Gasteiger partial charge in [-0.15, -0.1) is 0 Å². The molecule has 2 aromatic rings. The normalized spacial score (nSPS) is 12.2. The molecule has 3 N–H and O–H groups in total. The van der Waals surface area contributed by atoms with Crippen LogP contribution in [-0.4, -0.2) is 40.6 Å². The molecule has 2 rings (SSSR count). The van der Waals surface area contributed by atoms with Crippen LogP contribution in [0.5, 0.6) is 0 Å². The summed E-state index contributed by atoms with van der Waals surface area (Å²) in [6.45, 7) is 1.45. The number of rotatable bonds is 6. The van der Waals surface area contributed by atoms with Crippen molar-refractivity contribution in [3.8, 4) is 0 Å². The number of hydrogen-bond acceptors (Lipinski definition) is 5. The van der Waals surface area contributed by atoms with Crippen LogP contribution in [0.3, 0.4) is 0 Å². The Morgan fingerprint density at radius 1 is 0.962 bits per heavy atom. The molecule has 8 nitrogen and oxygen atoms in total. The lowest BCUT2D eigenvalue weighted by Gasteiger charge is -2.17. The van der Waals surface area contributed by atoms with Gasteiger partial charge in [0.05, 0.1) is 16.3 Å². The van der Waals surface area contributed by atoms with E-state index in [2.05, 4.69) is 5.32 Å². The zero-order valence-corrected chi connectivity index (χ0v) is 15.8. The van der Waals surface area contributed by atoms with Crippen LogP contribution in [0.2, 0.25) is 0 Å². The van der Waals surface area contributed by atoms with Crippen LogP contribution in [0, 0.1) is 6.92 Å². The molecule has 26 heavy (non-hydrogen) atoms. The maximum atomic E-state index is 12.5. The Kier molecular flexibility index (Phi) is 5.81. The molecule has 2 aromatic carbocycles. The maximum absolute atomic E-state index is 12.5. The number of carbonyl (C=O) groups is 1. The lowest BCUT2D eigenvalue weighted by molar-refractivity contribution is -0.116. The highest BCUT2D eigenvalue weighted by Gasteiger charge is 2.22. The number of likely N-dealkylation sites (N-methyl/N-ethyl adjacent to an activating group) is 1. The Balaban J connectivity index is 2.06. The Hall–Kier alpha value is -2.27. The first kappa shape index (κ1) is 20.0. The molecule has 0 atom stereocenters. The zero-order valence-electron chi connectivity index (χ0n) is 14.2. The van der Waals surface area contributed by atoms with Gasteiger partial charge in [-0.3, -0.25) is 4.79 Å². The van der Waals surface area contributed by atoms with Crippen molar-refractivity contribution in [3.05, 3.63) is 54.1 Å². The lowest BCUT2D eigenvalue weighted by atomic mass is 10.2. The minimum atomic E-state index is -3.82. The van der Waals surface area contributed by atoms with Gasteiger partial charge in [0.25, 0.3) is 0 Å². The van der Waals surface area contributed by atoms with Gasteiger partial charge >= 0.3 is 0 Å². The van der Waals surface area contributed by atoms with Crippen LogP contribution in [0.4, 0.5) is 5.69 Å². The topological polar surface area (TPSA) is 127 Å². The summed E-state index contributed by atoms with van der Waals surface area (Å²) in [4.78, 5) is 12.1. The Morgan fingerprint density at radius 3 is 1.96 bits per heavy atom. The molecule has 0 heterocycles. The smallest absolute Gasteiger partial charge is 0.243 e. The van der Waals surface area contributed by atoms with Crippen molar-refractivity contribution in [2.24, 2.45) is 5.14 Å². The van der Waals surface area contributed by atoms with E-state index in [9.17, 15) is 21.6 Å². The van der Waals surface area contributed by atoms with Gasteiger partial charge < -0.3 is 5.32 Å². The fourth-order valence-corrected chi connectivity index (χ4v) is 3.75. The van der Waals surface area contributed by atoms with Crippen LogP contribution in [-0.2, 0) is 24.8 Å². The highest BCUT2D eigenvalue weighted by Crippen LogP contribution is 2.16. The molecular formula is C16H19N3O5S2. The van der Waals surface area contributed by atoms with E-state index < -0.39 is 32.5 Å². The maximum Gasteiger partial charge on any atom is 0.243 e. The molecule has 0 aliphatic carbocycles. The summed E-state index contributed by atoms with van der Waals surface area (Å²) in [7, 11) is -6.31. The number of nitrogens with one attached hydrogen (secondary N) is 1. The summed E-state index contributed by atoms with van der Waals surface area (Å²) < 4.78 is 48.2. The SMILES string of the molecule is Cc1ccc(S(=O)(=O)N(C)CC(=O)Nc2ccc(S(N)(=O)=O)cc2)cc1. The van der Waals surface area contributed by atoms with E-state index >= 15 is 0 Å². The van der Waals surface area contributed by atoms with E-state index in [0.29, 0.717) is 5.69 Å². The third kappa shape index (κ3) is 4.88. The molecule has 0 aromatic heterocycles. The van der Waals surface area contributed by atoms with E-state index in [0.717, 1.165) is 9.87 Å². The highest BCUT2D eigenvalue weighted by atomic mass is 32.2. The molecule has 140 valence electrons. The number of primary sulfonamides is 1. The van der Waals surface area contributed by atoms with Gasteiger partial charge in [0.2, 0.25) is 26.0 Å². The molecular weight excluding hydrogens is 378 g/mol. The minimum Gasteiger partial charge on any atom is -0.325 e. The predicted octanol–water partition coefficient (Wildman–Crippen LogP) is 0.902. The summed E-state index contributed by atoms with van der Waals surface area (Å²) in [6.07, 6.45) is 0. The number of hydrogen-bond donors (Lipinski definition) is 2. The van der Waals surface area contributed by atoms with E-state index in [-0.39, 0.29) is 9.79 Å². The summed E-state index contributed by atoms with van der Waals surface area (Å²) in [6, 6.07) is 11.5. The number of nitrogens with two attached hydrogens (primary N) is 1. The molecule has 0 spiro atoms. The second-order valence-corrected chi connectivity index (χ2v) is 9.30. The van der Waals surface area contributed by atoms with Crippen molar-refractivity contribution in [1.29, 1.82) is 0 Å². The Labute approximate surface area is 152 Å². The number of amides is 1. The number of nitrogens with zero attached hydrogens (tertiary/aromatic N) is 1. The van der Waals surface area contributed by atoms with Crippen LogP contribution >= 0.6 is 0 Å². The van der Waals surface area contributed by atoms with Crippen LogP contribution in [0.1, 0.15) is 5.56 Å². The predicted molar refractivity (Wildman–Crippen MR) is 97.4 cm³/mol. The average molecular weight is 397 g/mol. The highest BCUT2D eigenvalue weighted by molar-refractivity contribution is 7.89. The third-order valence-corrected chi connectivity index (χ3v) is 6.31. The number of anilines is 1. The Morgan fingerprint density at radius 2 is 1.46 bits per heavy atom. The van der Waals surface area contributed by atoms with E-state index in [1.54, 1.807) is 12.1 Å². The number of aryl methyl sites for hydroxylation is 1. The lowest BCUT2D eigenvalue weighted by Crippen LogP contribution is -2.34. The van der Waals surface area contributed by atoms with Gasteiger partial charge in [-0.05, 0) is 43.3 Å². The summed E-state index contributed by atoms with van der Waals surface area (Å²) in [5.74, 6) is -0.563. The van der Waals surface area contributed by atoms with Gasteiger partial charge in [-0.25, -0.2) is 22.0 Å². The summed E-state index contributed by atoms with van der Waals surface area (Å²) in [5, 5.41) is 7.50. The van der Waals surface area contributed by atoms with Crippen LogP contribution in [0.15, 0.2) is 58.3 Å². The number of sulfonamides is 2. The first-order valence-electron chi connectivity index (χ1n) is 7.46. The molecule has 0 unspecified atom stereocenters. The molecule has 0 fully saturated rings. The molecule has 0 bridgehead atoms. The average Bonchev–Trinajstić information content (AvgIpc) is 2.54. The fraction of sp³-hybridized carbons (Fsp3) is 0.188. The van der Waals surface area contributed by atoms with E-state index in [4.69, 9.17) is 5.14 Å². The largest absolute Gasteiger partial charge is 0.325 e. The van der Waals surface area contributed by atoms with Crippen molar-refractivity contribution in [3.63, 3.8) is 0 Å². The van der Waals surface area contributed by atoms with Crippen LogP contribution in [0.25, 0.3) is 0 Å². The minimum absolute atomic E-state index is 0.0884. The van der Waals surface area contributed by atoms with E-state index in [1.165, 1.54) is 43.4 Å². The third-order valence-electron chi connectivity index (χ3n) is 3.56. The fourth-order valence-electron chi connectivity index (χ4n) is 2.11. The van der Waals surface area contributed by atoms with Gasteiger partial charge in [0.1, 0.15) is 0 Å². The second-order valence-electron chi connectivity index (χ2n) is 5.69. The monoisotopic (exact) mass is 397 g/mol. The first-order valence-corrected chi connectivity index (χ1v) is 10.4. The van der Waals surface area contributed by atoms with E-state index in [1.807, 2.05) is 6.92 Å². The van der Waals surface area contributed by atoms with Gasteiger partial charge in [0.15, 0.2) is 0 Å². The quantitative estimate of drug-likeness (QED) is 0.749. The van der Waals surface area contributed by atoms with Gasteiger partial charge in [-0.2, -0.15) is 4.31 Å². The second kappa shape index (κ2) is 7.54. The summed E-state index contributed by atoms with van der Waals surface area (Å²) in [5.41, 5.74) is 1.25. The molecule has 0 aliphatic rings. The van der Waals surface area contributed by atoms with Crippen molar-refractivity contribution < 1.29 is 21.6 Å². The van der Waals surface area contributed by atoms with Crippen LogP contribution < -0.4 is 10.5 Å². The number of carbonyl (C=O) groups excluding carboxylic acids is 1.